The highest BCUT2D eigenvalue weighted by molar-refractivity contribution is 5.48. The predicted molar refractivity (Wildman–Crippen MR) is 68.6 cm³/mol. The van der Waals surface area contributed by atoms with Gasteiger partial charge in [0.25, 0.3) is 0 Å². The number of carbonyl (C=O) groups excluding carboxylic acids is 1. The van der Waals surface area contributed by atoms with Crippen molar-refractivity contribution in [3.8, 4) is 0 Å². The molecule has 17 heavy (non-hydrogen) atoms. The molecule has 1 aromatic heterocycles. The molecule has 0 aliphatic heterocycles. The number of nitrogens with zero attached hydrogens (tertiary/aromatic N) is 1. The van der Waals surface area contributed by atoms with Crippen LogP contribution in [0, 0.1) is 0 Å². The molecule has 4 heteroatoms. The van der Waals surface area contributed by atoms with E-state index in [-0.39, 0.29) is 6.61 Å². The van der Waals surface area contributed by atoms with Gasteiger partial charge >= 0.3 is 0 Å². The molecule has 0 spiro atoms. The first-order valence-corrected chi connectivity index (χ1v) is 5.99. The number of rotatable bonds is 7. The van der Waals surface area contributed by atoms with Crippen molar-refractivity contribution in [3.63, 3.8) is 0 Å². The van der Waals surface area contributed by atoms with E-state index >= 15 is 0 Å². The van der Waals surface area contributed by atoms with Crippen molar-refractivity contribution in [1.82, 2.24) is 10.3 Å². The number of aldehydes is 1. The molecule has 1 rings (SSSR count). The minimum absolute atomic E-state index is 0.250. The summed E-state index contributed by atoms with van der Waals surface area (Å²) in [4.78, 5) is 14.0. The molecule has 0 atom stereocenters. The van der Waals surface area contributed by atoms with Gasteiger partial charge in [0, 0.05) is 32.0 Å². The number of pyridine rings is 1. The fourth-order valence-corrected chi connectivity index (χ4v) is 1.21. The average molecular weight is 238 g/mol. The van der Waals surface area contributed by atoms with Crippen LogP contribution in [0.5, 0.6) is 0 Å². The van der Waals surface area contributed by atoms with Crippen LogP contribution in [0.2, 0.25) is 0 Å². The topological polar surface area (TPSA) is 62.2 Å². The monoisotopic (exact) mass is 238 g/mol. The fraction of sp³-hybridized carbons (Fsp3) is 0.538. The molecule has 2 N–H and O–H groups in total. The predicted octanol–water partition coefficient (Wildman–Crippen LogP) is 1.54. The molecule has 0 aromatic carbocycles. The number of carbonyl (C=O) groups is 1. The van der Waals surface area contributed by atoms with Crippen molar-refractivity contribution < 1.29 is 9.90 Å². The van der Waals surface area contributed by atoms with E-state index in [4.69, 9.17) is 5.11 Å². The molecule has 0 radical (unpaired) electrons. The van der Waals surface area contributed by atoms with Gasteiger partial charge in [0.15, 0.2) is 0 Å². The van der Waals surface area contributed by atoms with E-state index in [1.807, 2.05) is 12.1 Å². The Kier molecular flexibility index (Phi) is 11.9. The largest absolute Gasteiger partial charge is 0.397 e. The number of aromatic nitrogens is 1. The highest BCUT2D eigenvalue weighted by atomic mass is 16.2. The maximum atomic E-state index is 10.0. The van der Waals surface area contributed by atoms with E-state index < -0.39 is 0 Å². The number of hydrogen-bond donors (Lipinski definition) is 2. The number of unbranched alkanes of at least 4 members (excludes halogenated alkanes) is 2. The summed E-state index contributed by atoms with van der Waals surface area (Å²) < 4.78 is 0. The zero-order valence-electron chi connectivity index (χ0n) is 10.4. The van der Waals surface area contributed by atoms with Crippen LogP contribution in [0.1, 0.15) is 31.7 Å². The second-order valence-electron chi connectivity index (χ2n) is 3.51. The summed E-state index contributed by atoms with van der Waals surface area (Å²) in [6, 6.07) is 4.00. The van der Waals surface area contributed by atoms with Crippen molar-refractivity contribution in [2.24, 2.45) is 0 Å². The summed E-state index contributed by atoms with van der Waals surface area (Å²) in [6.07, 6.45) is 7.28. The normalized spacial score (nSPS) is 9.29. The minimum Gasteiger partial charge on any atom is -0.397 e. The molecule has 0 amide bonds. The number of nitrogens with one attached hydrogen (secondary N) is 1. The molecule has 0 unspecified atom stereocenters. The van der Waals surface area contributed by atoms with Crippen LogP contribution in [0.25, 0.3) is 0 Å². The van der Waals surface area contributed by atoms with Crippen molar-refractivity contribution in [1.29, 1.82) is 0 Å². The van der Waals surface area contributed by atoms with Crippen molar-refractivity contribution in [2.75, 3.05) is 13.2 Å². The quantitative estimate of drug-likeness (QED) is 0.559. The molecule has 0 fully saturated rings. The number of hydrogen-bond acceptors (Lipinski definition) is 4. The van der Waals surface area contributed by atoms with Crippen LogP contribution < -0.4 is 5.32 Å². The highest BCUT2D eigenvalue weighted by Crippen LogP contribution is 1.95. The summed E-state index contributed by atoms with van der Waals surface area (Å²) in [5, 5.41) is 10.9. The van der Waals surface area contributed by atoms with Crippen molar-refractivity contribution in [3.05, 3.63) is 30.1 Å². The summed E-state index contributed by atoms with van der Waals surface area (Å²) >= 11 is 0. The standard InChI is InChI=1S/C11H16N2O.C2H6O/c14-9-3-1-2-6-13-10-11-4-7-12-8-5-11;1-2-3/h4-5,7-9,13H,1-3,6,10H2;3H,2H2,1H3. The second-order valence-corrected chi connectivity index (χ2v) is 3.51. The fourth-order valence-electron chi connectivity index (χ4n) is 1.21. The van der Waals surface area contributed by atoms with E-state index in [0.29, 0.717) is 6.42 Å². The van der Waals surface area contributed by atoms with Gasteiger partial charge in [-0.2, -0.15) is 0 Å². The lowest BCUT2D eigenvalue weighted by molar-refractivity contribution is -0.107. The first kappa shape index (κ1) is 15.7. The van der Waals surface area contributed by atoms with Gasteiger partial charge in [-0.1, -0.05) is 0 Å². The Bertz CT molecular complexity index is 265. The first-order chi connectivity index (χ1) is 8.35. The minimum atomic E-state index is 0.250. The zero-order valence-corrected chi connectivity index (χ0v) is 10.4. The van der Waals surface area contributed by atoms with Crippen LogP contribution >= 0.6 is 0 Å². The van der Waals surface area contributed by atoms with Crippen LogP contribution in [0.4, 0.5) is 0 Å². The molecule has 0 saturated carbocycles. The SMILES string of the molecule is CCO.O=CCCCCNCc1ccncc1. The van der Waals surface area contributed by atoms with Crippen LogP contribution in [0.15, 0.2) is 24.5 Å². The molecule has 96 valence electrons. The van der Waals surface area contributed by atoms with Gasteiger partial charge in [0.1, 0.15) is 6.29 Å². The van der Waals surface area contributed by atoms with Gasteiger partial charge in [0.2, 0.25) is 0 Å². The van der Waals surface area contributed by atoms with E-state index in [0.717, 1.165) is 32.2 Å². The number of aliphatic hydroxyl groups excluding tert-OH is 1. The lowest BCUT2D eigenvalue weighted by Crippen LogP contribution is -2.14. The van der Waals surface area contributed by atoms with Crippen LogP contribution in [-0.2, 0) is 11.3 Å². The zero-order chi connectivity index (χ0) is 12.8. The smallest absolute Gasteiger partial charge is 0.119 e. The summed E-state index contributed by atoms with van der Waals surface area (Å²) in [6.45, 7) is 3.78. The van der Waals surface area contributed by atoms with E-state index in [9.17, 15) is 4.79 Å². The summed E-state index contributed by atoms with van der Waals surface area (Å²) in [5.74, 6) is 0. The Morgan fingerprint density at radius 3 is 2.59 bits per heavy atom. The van der Waals surface area contributed by atoms with Gasteiger partial charge in [-0.15, -0.1) is 0 Å². The Morgan fingerprint density at radius 1 is 1.35 bits per heavy atom. The van der Waals surface area contributed by atoms with Gasteiger partial charge in [-0.05, 0) is 44.0 Å². The summed E-state index contributed by atoms with van der Waals surface area (Å²) in [7, 11) is 0. The Balaban J connectivity index is 0.000000770. The van der Waals surface area contributed by atoms with Crippen LogP contribution in [0.3, 0.4) is 0 Å². The Labute approximate surface area is 103 Å². The molecule has 0 saturated heterocycles. The van der Waals surface area contributed by atoms with Gasteiger partial charge < -0.3 is 15.2 Å². The van der Waals surface area contributed by atoms with Crippen molar-refractivity contribution in [2.45, 2.75) is 32.7 Å². The Morgan fingerprint density at radius 2 is 2.00 bits per heavy atom. The molecule has 4 nitrogen and oxygen atoms in total. The molecule has 0 aliphatic rings. The average Bonchev–Trinajstić information content (AvgIpc) is 2.36. The lowest BCUT2D eigenvalue weighted by Gasteiger charge is -2.03. The second kappa shape index (κ2) is 12.8. The van der Waals surface area contributed by atoms with Crippen LogP contribution in [-0.4, -0.2) is 29.5 Å². The van der Waals surface area contributed by atoms with Gasteiger partial charge in [-0.3, -0.25) is 4.98 Å². The van der Waals surface area contributed by atoms with E-state index in [2.05, 4.69) is 10.3 Å². The highest BCUT2D eigenvalue weighted by Gasteiger charge is 1.91. The van der Waals surface area contributed by atoms with E-state index in [1.54, 1.807) is 19.3 Å². The molecule has 1 aromatic rings. The number of aliphatic hydroxyl groups is 1. The lowest BCUT2D eigenvalue weighted by atomic mass is 10.2. The maximum absolute atomic E-state index is 10.0. The molecular formula is C13H22N2O2. The molecule has 1 heterocycles. The van der Waals surface area contributed by atoms with E-state index in [1.165, 1.54) is 5.56 Å². The maximum Gasteiger partial charge on any atom is 0.119 e. The first-order valence-electron chi connectivity index (χ1n) is 5.99. The Hall–Kier alpha value is -1.26. The van der Waals surface area contributed by atoms with Gasteiger partial charge in [-0.25, -0.2) is 0 Å². The summed E-state index contributed by atoms with van der Waals surface area (Å²) in [5.41, 5.74) is 1.25. The van der Waals surface area contributed by atoms with Crippen molar-refractivity contribution >= 4 is 6.29 Å². The van der Waals surface area contributed by atoms with Gasteiger partial charge in [0.05, 0.1) is 0 Å². The third-order valence-corrected chi connectivity index (χ3v) is 2.00. The molecular weight excluding hydrogens is 216 g/mol. The molecule has 0 aliphatic carbocycles. The third-order valence-electron chi connectivity index (χ3n) is 2.00. The molecule has 0 bridgehead atoms. The third kappa shape index (κ3) is 11.0.